The molecular formula is C22H16ClF2N3O. The molecule has 1 aromatic heterocycles. The van der Waals surface area contributed by atoms with Crippen LogP contribution in [0.1, 0.15) is 23.1 Å². The molecule has 0 amide bonds. The third-order valence-electron chi connectivity index (χ3n) is 4.42. The number of nitrogens with zero attached hydrogens (tertiary/aromatic N) is 2. The van der Waals surface area contributed by atoms with Gasteiger partial charge in [0.15, 0.2) is 0 Å². The highest BCUT2D eigenvalue weighted by Gasteiger charge is 2.22. The summed E-state index contributed by atoms with van der Waals surface area (Å²) in [6, 6.07) is 18.9. The maximum absolute atomic E-state index is 13.4. The molecule has 0 aliphatic carbocycles. The van der Waals surface area contributed by atoms with Gasteiger partial charge in [-0.2, -0.15) is 0 Å². The molecule has 1 heterocycles. The molecule has 3 aromatic carbocycles. The third-order valence-corrected chi connectivity index (χ3v) is 4.75. The summed E-state index contributed by atoms with van der Waals surface area (Å²) in [5.74, 6) is -0.0339. The second-order valence-electron chi connectivity index (χ2n) is 6.42. The van der Waals surface area contributed by atoms with Crippen LogP contribution in [-0.4, -0.2) is 10.2 Å². The van der Waals surface area contributed by atoms with Gasteiger partial charge in [-0.05, 0) is 47.5 Å². The largest absolute Gasteiger partial charge is 0.419 e. The maximum atomic E-state index is 13.4. The quantitative estimate of drug-likeness (QED) is 0.452. The molecule has 0 aliphatic heterocycles. The first-order chi connectivity index (χ1) is 14.1. The summed E-state index contributed by atoms with van der Waals surface area (Å²) in [6.45, 7) is 0.423. The Hall–Kier alpha value is -3.09. The molecule has 0 radical (unpaired) electrons. The molecule has 0 bridgehead atoms. The van der Waals surface area contributed by atoms with Gasteiger partial charge in [0, 0.05) is 6.54 Å². The van der Waals surface area contributed by atoms with Gasteiger partial charge in [0.25, 0.3) is 0 Å². The number of aromatic nitrogens is 2. The summed E-state index contributed by atoms with van der Waals surface area (Å²) in [6.07, 6.45) is 0. The number of benzene rings is 3. The summed E-state index contributed by atoms with van der Waals surface area (Å²) in [5, 5.41) is 12.1. The van der Waals surface area contributed by atoms with Gasteiger partial charge in [0.1, 0.15) is 17.7 Å². The standard InChI is InChI=1S/C22H16ClF2N3O/c23-19-4-2-1-3-18(19)21-27-28-22(29-21)20(15-7-11-17(25)12-8-15)26-13-14-5-9-16(24)10-6-14/h1-12,20,26H,13H2/t20-/m1/s1. The van der Waals surface area contributed by atoms with Crippen molar-refractivity contribution in [2.75, 3.05) is 0 Å². The highest BCUT2D eigenvalue weighted by molar-refractivity contribution is 6.33. The van der Waals surface area contributed by atoms with Crippen LogP contribution in [-0.2, 0) is 6.54 Å². The molecule has 0 unspecified atom stereocenters. The summed E-state index contributed by atoms with van der Waals surface area (Å²) < 4.78 is 32.4. The molecule has 1 atom stereocenters. The Morgan fingerprint density at radius 2 is 1.52 bits per heavy atom. The van der Waals surface area contributed by atoms with E-state index in [1.54, 1.807) is 36.4 Å². The molecule has 0 aliphatic rings. The van der Waals surface area contributed by atoms with Gasteiger partial charge in [0.2, 0.25) is 11.8 Å². The number of hydrogen-bond acceptors (Lipinski definition) is 4. The van der Waals surface area contributed by atoms with Crippen molar-refractivity contribution in [3.8, 4) is 11.5 Å². The zero-order chi connectivity index (χ0) is 20.2. The van der Waals surface area contributed by atoms with Crippen molar-refractivity contribution in [2.24, 2.45) is 0 Å². The zero-order valence-electron chi connectivity index (χ0n) is 15.1. The molecule has 0 saturated carbocycles. The Balaban J connectivity index is 1.64. The van der Waals surface area contributed by atoms with Crippen LogP contribution in [0.3, 0.4) is 0 Å². The molecular weight excluding hydrogens is 396 g/mol. The van der Waals surface area contributed by atoms with Crippen LogP contribution in [0.5, 0.6) is 0 Å². The van der Waals surface area contributed by atoms with Crippen molar-refractivity contribution in [2.45, 2.75) is 12.6 Å². The maximum Gasteiger partial charge on any atom is 0.249 e. The average molecular weight is 412 g/mol. The molecule has 0 spiro atoms. The Kier molecular flexibility index (Phi) is 5.64. The van der Waals surface area contributed by atoms with Crippen molar-refractivity contribution >= 4 is 11.6 Å². The predicted octanol–water partition coefficient (Wildman–Crippen LogP) is 5.55. The van der Waals surface area contributed by atoms with E-state index < -0.39 is 6.04 Å². The lowest BCUT2D eigenvalue weighted by Crippen LogP contribution is -2.22. The molecule has 0 saturated heterocycles. The van der Waals surface area contributed by atoms with E-state index in [9.17, 15) is 8.78 Å². The number of hydrogen-bond donors (Lipinski definition) is 1. The fourth-order valence-corrected chi connectivity index (χ4v) is 3.14. The number of rotatable bonds is 6. The third kappa shape index (κ3) is 4.50. The van der Waals surface area contributed by atoms with Gasteiger partial charge < -0.3 is 4.42 Å². The monoisotopic (exact) mass is 411 g/mol. The Labute approximate surface area is 171 Å². The summed E-state index contributed by atoms with van der Waals surface area (Å²) in [7, 11) is 0. The first-order valence-electron chi connectivity index (χ1n) is 8.92. The molecule has 29 heavy (non-hydrogen) atoms. The van der Waals surface area contributed by atoms with E-state index in [1.807, 2.05) is 12.1 Å². The van der Waals surface area contributed by atoms with Crippen LogP contribution in [0, 0.1) is 11.6 Å². The topological polar surface area (TPSA) is 51.0 Å². The van der Waals surface area contributed by atoms with Gasteiger partial charge in [0.05, 0.1) is 10.6 Å². The van der Waals surface area contributed by atoms with Crippen LogP contribution in [0.4, 0.5) is 8.78 Å². The van der Waals surface area contributed by atoms with Crippen molar-refractivity contribution in [1.82, 2.24) is 15.5 Å². The molecule has 1 N–H and O–H groups in total. The highest BCUT2D eigenvalue weighted by Crippen LogP contribution is 2.29. The normalized spacial score (nSPS) is 12.1. The lowest BCUT2D eigenvalue weighted by molar-refractivity contribution is 0.437. The molecule has 4 nitrogen and oxygen atoms in total. The fourth-order valence-electron chi connectivity index (χ4n) is 2.92. The molecule has 0 fully saturated rings. The summed E-state index contributed by atoms with van der Waals surface area (Å²) >= 11 is 6.22. The lowest BCUT2D eigenvalue weighted by Gasteiger charge is -2.16. The average Bonchev–Trinajstić information content (AvgIpc) is 3.21. The molecule has 4 aromatic rings. The first-order valence-corrected chi connectivity index (χ1v) is 9.29. The first kappa shape index (κ1) is 19.2. The van der Waals surface area contributed by atoms with Crippen LogP contribution < -0.4 is 5.32 Å². The van der Waals surface area contributed by atoms with E-state index in [4.69, 9.17) is 16.0 Å². The Bertz CT molecular complexity index is 1100. The van der Waals surface area contributed by atoms with Crippen LogP contribution in [0.25, 0.3) is 11.5 Å². The minimum absolute atomic E-state index is 0.293. The van der Waals surface area contributed by atoms with E-state index in [0.29, 0.717) is 28.9 Å². The molecule has 4 rings (SSSR count). The van der Waals surface area contributed by atoms with Gasteiger partial charge in [-0.1, -0.05) is 48.0 Å². The Morgan fingerprint density at radius 1 is 0.862 bits per heavy atom. The molecule has 7 heteroatoms. The number of halogens is 3. The van der Waals surface area contributed by atoms with Gasteiger partial charge in [-0.3, -0.25) is 5.32 Å². The minimum atomic E-state index is -0.482. The smallest absolute Gasteiger partial charge is 0.249 e. The second kappa shape index (κ2) is 8.51. The van der Waals surface area contributed by atoms with E-state index in [0.717, 1.165) is 11.1 Å². The minimum Gasteiger partial charge on any atom is -0.419 e. The van der Waals surface area contributed by atoms with E-state index >= 15 is 0 Å². The molecule has 146 valence electrons. The second-order valence-corrected chi connectivity index (χ2v) is 6.82. The number of nitrogens with one attached hydrogen (secondary N) is 1. The van der Waals surface area contributed by atoms with Crippen LogP contribution >= 0.6 is 11.6 Å². The van der Waals surface area contributed by atoms with Gasteiger partial charge >= 0.3 is 0 Å². The van der Waals surface area contributed by atoms with Crippen molar-refractivity contribution in [1.29, 1.82) is 0 Å². The van der Waals surface area contributed by atoms with Crippen LogP contribution in [0.2, 0.25) is 5.02 Å². The van der Waals surface area contributed by atoms with Gasteiger partial charge in [-0.15, -0.1) is 10.2 Å². The van der Waals surface area contributed by atoms with Crippen molar-refractivity contribution < 1.29 is 13.2 Å². The van der Waals surface area contributed by atoms with E-state index in [-0.39, 0.29) is 11.6 Å². The summed E-state index contributed by atoms with van der Waals surface area (Å²) in [5.41, 5.74) is 2.26. The van der Waals surface area contributed by atoms with E-state index in [2.05, 4.69) is 15.5 Å². The van der Waals surface area contributed by atoms with E-state index in [1.165, 1.54) is 24.3 Å². The highest BCUT2D eigenvalue weighted by atomic mass is 35.5. The predicted molar refractivity (Wildman–Crippen MR) is 106 cm³/mol. The SMILES string of the molecule is Fc1ccc(CN[C@H](c2ccc(F)cc2)c2nnc(-c3ccccc3Cl)o2)cc1. The zero-order valence-corrected chi connectivity index (χ0v) is 15.9. The van der Waals surface area contributed by atoms with Crippen LogP contribution in [0.15, 0.2) is 77.2 Å². The Morgan fingerprint density at radius 3 is 2.21 bits per heavy atom. The fraction of sp³-hybridized carbons (Fsp3) is 0.0909. The lowest BCUT2D eigenvalue weighted by atomic mass is 10.1. The summed E-state index contributed by atoms with van der Waals surface area (Å²) in [4.78, 5) is 0. The van der Waals surface area contributed by atoms with Crippen molar-refractivity contribution in [3.63, 3.8) is 0 Å². The van der Waals surface area contributed by atoms with Crippen molar-refractivity contribution in [3.05, 3.63) is 106 Å². The van der Waals surface area contributed by atoms with Gasteiger partial charge in [-0.25, -0.2) is 8.78 Å².